The number of carbonyl (C=O) groups is 2. The van der Waals surface area contributed by atoms with Gasteiger partial charge in [-0.1, -0.05) is 6.92 Å². The molecular formula is C20H25NO6. The summed E-state index contributed by atoms with van der Waals surface area (Å²) in [5.74, 6) is -0.346. The molecule has 0 spiro atoms. The average molecular weight is 375 g/mol. The van der Waals surface area contributed by atoms with E-state index in [-0.39, 0.29) is 5.75 Å². The van der Waals surface area contributed by atoms with Crippen LogP contribution >= 0.6 is 0 Å². The molecule has 2 aromatic rings. The Bertz CT molecular complexity index is 922. The third-order valence-corrected chi connectivity index (χ3v) is 3.74. The number of esters is 1. The van der Waals surface area contributed by atoms with Crippen LogP contribution in [-0.4, -0.2) is 23.7 Å². The molecule has 0 saturated carbocycles. The average Bonchev–Trinajstić information content (AvgIpc) is 2.49. The highest BCUT2D eigenvalue weighted by atomic mass is 16.6. The Hall–Kier alpha value is -2.83. The van der Waals surface area contributed by atoms with Crippen molar-refractivity contribution in [2.24, 2.45) is 0 Å². The molecule has 27 heavy (non-hydrogen) atoms. The van der Waals surface area contributed by atoms with E-state index in [1.807, 2.05) is 0 Å². The molecule has 2 rings (SSSR count). The molecule has 0 bridgehead atoms. The van der Waals surface area contributed by atoms with E-state index in [2.05, 4.69) is 5.32 Å². The minimum atomic E-state index is -0.869. The van der Waals surface area contributed by atoms with E-state index in [1.54, 1.807) is 53.7 Å². The zero-order valence-corrected chi connectivity index (χ0v) is 16.5. The maximum atomic E-state index is 12.6. The Kier molecular flexibility index (Phi) is 5.93. The van der Waals surface area contributed by atoms with E-state index in [0.29, 0.717) is 23.0 Å². The lowest BCUT2D eigenvalue weighted by Crippen LogP contribution is -2.44. The smallest absolute Gasteiger partial charge is 0.408 e. The van der Waals surface area contributed by atoms with Crippen molar-refractivity contribution < 1.29 is 23.5 Å². The van der Waals surface area contributed by atoms with E-state index < -0.39 is 29.3 Å². The molecule has 1 unspecified atom stereocenters. The van der Waals surface area contributed by atoms with Crippen molar-refractivity contribution in [2.75, 3.05) is 0 Å². The number of ether oxygens (including phenoxy) is 2. The van der Waals surface area contributed by atoms with Crippen molar-refractivity contribution in [3.05, 3.63) is 39.7 Å². The summed E-state index contributed by atoms with van der Waals surface area (Å²) in [4.78, 5) is 36.1. The molecule has 1 aromatic carbocycles. The lowest BCUT2D eigenvalue weighted by Gasteiger charge is -2.22. The van der Waals surface area contributed by atoms with Gasteiger partial charge in [0, 0.05) is 6.07 Å². The molecule has 0 saturated heterocycles. The molecule has 7 heteroatoms. The summed E-state index contributed by atoms with van der Waals surface area (Å²) < 4.78 is 15.9. The number of amides is 1. The molecule has 1 N–H and O–H groups in total. The van der Waals surface area contributed by atoms with Crippen LogP contribution in [-0.2, 0) is 9.53 Å². The SMILES string of the molecule is CCC(NC(=O)OC(C)(C)C)C(=O)Oc1cc(C)cc2oc(=O)cc(C)c12. The lowest BCUT2D eigenvalue weighted by molar-refractivity contribution is -0.136. The highest BCUT2D eigenvalue weighted by Gasteiger charge is 2.25. The normalized spacial score (nSPS) is 12.5. The number of carbonyl (C=O) groups excluding carboxylic acids is 2. The van der Waals surface area contributed by atoms with Gasteiger partial charge in [-0.25, -0.2) is 14.4 Å². The van der Waals surface area contributed by atoms with Crippen molar-refractivity contribution in [3.63, 3.8) is 0 Å². The summed E-state index contributed by atoms with van der Waals surface area (Å²) in [6.45, 7) is 10.5. The Morgan fingerprint density at radius 1 is 1.19 bits per heavy atom. The largest absolute Gasteiger partial charge is 0.444 e. The molecule has 0 aliphatic carbocycles. The first-order valence-electron chi connectivity index (χ1n) is 8.76. The van der Waals surface area contributed by atoms with E-state index >= 15 is 0 Å². The van der Waals surface area contributed by atoms with Crippen LogP contribution in [0.3, 0.4) is 0 Å². The van der Waals surface area contributed by atoms with Crippen LogP contribution in [0.4, 0.5) is 4.79 Å². The monoisotopic (exact) mass is 375 g/mol. The third-order valence-electron chi connectivity index (χ3n) is 3.74. The van der Waals surface area contributed by atoms with Gasteiger partial charge in [0.25, 0.3) is 0 Å². The first-order valence-corrected chi connectivity index (χ1v) is 8.76. The molecule has 0 aliphatic heterocycles. The molecule has 1 atom stereocenters. The maximum absolute atomic E-state index is 12.6. The minimum Gasteiger partial charge on any atom is -0.444 e. The van der Waals surface area contributed by atoms with Crippen molar-refractivity contribution in [2.45, 2.75) is 59.6 Å². The molecular weight excluding hydrogens is 350 g/mol. The number of alkyl carbamates (subject to hydrolysis) is 1. The van der Waals surface area contributed by atoms with E-state index in [4.69, 9.17) is 13.9 Å². The van der Waals surface area contributed by atoms with E-state index in [0.717, 1.165) is 5.56 Å². The Labute approximate surface area is 157 Å². The van der Waals surface area contributed by atoms with Gasteiger partial charge < -0.3 is 19.2 Å². The van der Waals surface area contributed by atoms with Crippen LogP contribution in [0, 0.1) is 13.8 Å². The standard InChI is InChI=1S/C20H25NO6/c1-7-13(21-19(24)27-20(4,5)6)18(23)26-15-9-11(2)8-14-17(15)12(3)10-16(22)25-14/h8-10,13H,7H2,1-6H3,(H,21,24). The lowest BCUT2D eigenvalue weighted by atomic mass is 10.1. The predicted octanol–water partition coefficient (Wildman–Crippen LogP) is 3.62. The van der Waals surface area contributed by atoms with Crippen LogP contribution in [0.5, 0.6) is 5.75 Å². The van der Waals surface area contributed by atoms with Gasteiger partial charge in [-0.05, 0) is 64.3 Å². The van der Waals surface area contributed by atoms with Gasteiger partial charge in [0.15, 0.2) is 0 Å². The van der Waals surface area contributed by atoms with E-state index in [1.165, 1.54) is 6.07 Å². The molecule has 7 nitrogen and oxygen atoms in total. The van der Waals surface area contributed by atoms with Crippen LogP contribution in [0.2, 0.25) is 0 Å². The highest BCUT2D eigenvalue weighted by molar-refractivity contribution is 5.91. The number of benzene rings is 1. The van der Waals surface area contributed by atoms with Gasteiger partial charge in [-0.15, -0.1) is 0 Å². The Morgan fingerprint density at radius 2 is 1.85 bits per heavy atom. The number of hydrogen-bond donors (Lipinski definition) is 1. The minimum absolute atomic E-state index is 0.278. The fourth-order valence-corrected chi connectivity index (χ4v) is 2.61. The molecule has 0 aliphatic rings. The molecule has 146 valence electrons. The van der Waals surface area contributed by atoms with Crippen LogP contribution in [0.15, 0.2) is 27.4 Å². The van der Waals surface area contributed by atoms with Crippen molar-refractivity contribution >= 4 is 23.0 Å². The fourth-order valence-electron chi connectivity index (χ4n) is 2.61. The quantitative estimate of drug-likeness (QED) is 0.498. The maximum Gasteiger partial charge on any atom is 0.408 e. The van der Waals surface area contributed by atoms with E-state index in [9.17, 15) is 14.4 Å². The second-order valence-electron chi connectivity index (χ2n) is 7.41. The zero-order chi connectivity index (χ0) is 20.4. The van der Waals surface area contributed by atoms with Gasteiger partial charge in [-0.3, -0.25) is 0 Å². The zero-order valence-electron chi connectivity index (χ0n) is 16.5. The number of hydrogen-bond acceptors (Lipinski definition) is 6. The first-order chi connectivity index (χ1) is 12.5. The van der Waals surface area contributed by atoms with Crippen molar-refractivity contribution in [1.82, 2.24) is 5.32 Å². The Balaban J connectivity index is 2.28. The second kappa shape index (κ2) is 7.82. The number of aryl methyl sites for hydroxylation is 2. The van der Waals surface area contributed by atoms with Crippen molar-refractivity contribution in [1.29, 1.82) is 0 Å². The van der Waals surface area contributed by atoms with Crippen LogP contribution in [0.1, 0.15) is 45.2 Å². The summed E-state index contributed by atoms with van der Waals surface area (Å²) in [6, 6.07) is 3.86. The molecule has 0 radical (unpaired) electrons. The summed E-state index contributed by atoms with van der Waals surface area (Å²) in [5, 5.41) is 3.06. The number of rotatable bonds is 4. The van der Waals surface area contributed by atoms with Crippen LogP contribution in [0.25, 0.3) is 11.0 Å². The summed E-state index contributed by atoms with van der Waals surface area (Å²) in [6.07, 6.45) is -0.363. The van der Waals surface area contributed by atoms with Crippen LogP contribution < -0.4 is 15.7 Å². The predicted molar refractivity (Wildman–Crippen MR) is 101 cm³/mol. The first kappa shape index (κ1) is 20.5. The van der Waals surface area contributed by atoms with Gasteiger partial charge >= 0.3 is 17.7 Å². The number of fused-ring (bicyclic) bond motifs is 1. The fraction of sp³-hybridized carbons (Fsp3) is 0.450. The second-order valence-corrected chi connectivity index (χ2v) is 7.41. The van der Waals surface area contributed by atoms with Gasteiger partial charge in [0.05, 0.1) is 5.39 Å². The summed E-state index contributed by atoms with van der Waals surface area (Å²) in [5.41, 5.74) is 0.606. The van der Waals surface area contributed by atoms with Gasteiger partial charge in [0.1, 0.15) is 23.0 Å². The molecule has 1 amide bonds. The molecule has 1 aromatic heterocycles. The summed E-state index contributed by atoms with van der Waals surface area (Å²) in [7, 11) is 0. The molecule has 0 fully saturated rings. The van der Waals surface area contributed by atoms with Gasteiger partial charge in [-0.2, -0.15) is 0 Å². The molecule has 1 heterocycles. The number of nitrogens with one attached hydrogen (secondary N) is 1. The van der Waals surface area contributed by atoms with Gasteiger partial charge in [0.2, 0.25) is 0 Å². The topological polar surface area (TPSA) is 94.8 Å². The summed E-state index contributed by atoms with van der Waals surface area (Å²) >= 11 is 0. The highest BCUT2D eigenvalue weighted by Crippen LogP contribution is 2.29. The van der Waals surface area contributed by atoms with Crippen molar-refractivity contribution in [3.8, 4) is 5.75 Å². The third kappa shape index (κ3) is 5.32. The Morgan fingerprint density at radius 3 is 2.44 bits per heavy atom.